The summed E-state index contributed by atoms with van der Waals surface area (Å²) in [5.41, 5.74) is 0.383. The van der Waals surface area contributed by atoms with Crippen molar-refractivity contribution in [2.24, 2.45) is 0 Å². The van der Waals surface area contributed by atoms with E-state index in [2.05, 4.69) is 17.2 Å². The van der Waals surface area contributed by atoms with Gasteiger partial charge in [-0.3, -0.25) is 4.79 Å². The minimum absolute atomic E-state index is 0.147. The summed E-state index contributed by atoms with van der Waals surface area (Å²) in [5, 5.41) is 3.21. The van der Waals surface area contributed by atoms with Gasteiger partial charge in [-0.05, 0) is 18.6 Å². The number of nitrogens with one attached hydrogen (secondary N) is 1. The minimum atomic E-state index is -0.147. The molecule has 0 atom stereocenters. The Morgan fingerprint density at radius 1 is 1.22 bits per heavy atom. The average Bonchev–Trinajstić information content (AvgIpc) is 2.37. The van der Waals surface area contributed by atoms with Crippen LogP contribution in [0.15, 0.2) is 18.2 Å². The lowest BCUT2D eigenvalue weighted by Gasteiger charge is -2.04. The Hall–Kier alpha value is -1.09. The van der Waals surface area contributed by atoms with Gasteiger partial charge in [0, 0.05) is 6.54 Å². The normalized spacial score (nSPS) is 10.3. The van der Waals surface area contributed by atoms with Crippen molar-refractivity contribution in [3.63, 3.8) is 0 Å². The van der Waals surface area contributed by atoms with E-state index < -0.39 is 0 Å². The molecular weight excluding hydrogens is 248 g/mol. The Morgan fingerprint density at radius 3 is 2.67 bits per heavy atom. The van der Waals surface area contributed by atoms with E-state index in [9.17, 15) is 4.79 Å². The van der Waals surface area contributed by atoms with Crippen LogP contribution in [0.3, 0.4) is 0 Å². The molecule has 1 heterocycles. The Kier molecular flexibility index (Phi) is 7.42. The lowest BCUT2D eigenvalue weighted by molar-refractivity contribution is 0.0948. The highest BCUT2D eigenvalue weighted by atomic mass is 35.5. The maximum absolute atomic E-state index is 11.7. The molecule has 1 N–H and O–H groups in total. The van der Waals surface area contributed by atoms with Gasteiger partial charge in [-0.2, -0.15) is 0 Å². The molecule has 0 spiro atoms. The zero-order chi connectivity index (χ0) is 13.2. The molecule has 0 saturated heterocycles. The van der Waals surface area contributed by atoms with Gasteiger partial charge in [-0.15, -0.1) is 0 Å². The molecule has 0 aliphatic heterocycles. The number of unbranched alkanes of at least 4 members (excludes halogenated alkanes) is 5. The van der Waals surface area contributed by atoms with Crippen molar-refractivity contribution < 1.29 is 4.79 Å². The zero-order valence-electron chi connectivity index (χ0n) is 10.9. The molecular formula is C14H21ClN2O. The van der Waals surface area contributed by atoms with Crippen molar-refractivity contribution in [3.8, 4) is 0 Å². The molecule has 0 aromatic carbocycles. The molecule has 4 heteroatoms. The first-order valence-corrected chi connectivity index (χ1v) is 7.02. The predicted molar refractivity (Wildman–Crippen MR) is 75.0 cm³/mol. The van der Waals surface area contributed by atoms with Gasteiger partial charge in [0.2, 0.25) is 0 Å². The number of aromatic nitrogens is 1. The number of hydrogen-bond acceptors (Lipinski definition) is 2. The van der Waals surface area contributed by atoms with Crippen LogP contribution in [0.5, 0.6) is 0 Å². The van der Waals surface area contributed by atoms with E-state index in [1.165, 1.54) is 32.1 Å². The van der Waals surface area contributed by atoms with Crippen LogP contribution in [0, 0.1) is 0 Å². The molecule has 100 valence electrons. The van der Waals surface area contributed by atoms with Gasteiger partial charge in [0.25, 0.3) is 5.91 Å². The fraction of sp³-hybridized carbons (Fsp3) is 0.571. The van der Waals surface area contributed by atoms with Crippen LogP contribution < -0.4 is 5.32 Å². The van der Waals surface area contributed by atoms with Gasteiger partial charge in [0.05, 0.1) is 0 Å². The van der Waals surface area contributed by atoms with Crippen LogP contribution in [0.1, 0.15) is 55.9 Å². The van der Waals surface area contributed by atoms with Crippen LogP contribution in [-0.2, 0) is 0 Å². The lowest BCUT2D eigenvalue weighted by Crippen LogP contribution is -2.25. The summed E-state index contributed by atoms with van der Waals surface area (Å²) < 4.78 is 0. The number of pyridine rings is 1. The molecule has 0 saturated carbocycles. The molecule has 0 unspecified atom stereocenters. The summed E-state index contributed by atoms with van der Waals surface area (Å²) in [6.45, 7) is 2.91. The number of carbonyl (C=O) groups is 1. The topological polar surface area (TPSA) is 42.0 Å². The fourth-order valence-electron chi connectivity index (χ4n) is 1.73. The van der Waals surface area contributed by atoms with Gasteiger partial charge < -0.3 is 5.32 Å². The summed E-state index contributed by atoms with van der Waals surface area (Å²) in [6, 6.07) is 5.06. The summed E-state index contributed by atoms with van der Waals surface area (Å²) in [7, 11) is 0. The Balaban J connectivity index is 2.14. The van der Waals surface area contributed by atoms with Crippen LogP contribution in [0.2, 0.25) is 5.15 Å². The third-order valence-corrected chi connectivity index (χ3v) is 2.97. The van der Waals surface area contributed by atoms with E-state index >= 15 is 0 Å². The van der Waals surface area contributed by atoms with Crippen molar-refractivity contribution >= 4 is 17.5 Å². The highest BCUT2D eigenvalue weighted by Crippen LogP contribution is 2.06. The first-order chi connectivity index (χ1) is 8.74. The molecule has 0 radical (unpaired) electrons. The lowest BCUT2D eigenvalue weighted by atomic mass is 10.1. The number of halogens is 1. The van der Waals surface area contributed by atoms with E-state index in [1.54, 1.807) is 18.2 Å². The standard InChI is InChI=1S/C14H21ClN2O/c1-2-3-4-5-6-7-11-16-14(18)12-9-8-10-13(15)17-12/h8-10H,2-7,11H2,1H3,(H,16,18). The van der Waals surface area contributed by atoms with Gasteiger partial charge in [0.15, 0.2) is 0 Å². The Bertz CT molecular complexity index is 369. The van der Waals surface area contributed by atoms with Crippen LogP contribution in [0.25, 0.3) is 0 Å². The van der Waals surface area contributed by atoms with E-state index in [-0.39, 0.29) is 5.91 Å². The maximum Gasteiger partial charge on any atom is 0.269 e. The predicted octanol–water partition coefficient (Wildman–Crippen LogP) is 3.83. The van der Waals surface area contributed by atoms with Crippen molar-refractivity contribution in [3.05, 3.63) is 29.0 Å². The van der Waals surface area contributed by atoms with Gasteiger partial charge in [-0.1, -0.05) is 56.7 Å². The molecule has 18 heavy (non-hydrogen) atoms. The fourth-order valence-corrected chi connectivity index (χ4v) is 1.90. The van der Waals surface area contributed by atoms with E-state index in [0.717, 1.165) is 6.42 Å². The third-order valence-electron chi connectivity index (χ3n) is 2.76. The number of hydrogen-bond donors (Lipinski definition) is 1. The molecule has 3 nitrogen and oxygen atoms in total. The molecule has 0 aliphatic rings. The third kappa shape index (κ3) is 6.01. The van der Waals surface area contributed by atoms with E-state index in [4.69, 9.17) is 11.6 Å². The highest BCUT2D eigenvalue weighted by Gasteiger charge is 2.06. The molecule has 0 bridgehead atoms. The summed E-state index contributed by atoms with van der Waals surface area (Å²) in [5.74, 6) is -0.147. The highest BCUT2D eigenvalue weighted by molar-refractivity contribution is 6.29. The largest absolute Gasteiger partial charge is 0.351 e. The molecule has 1 aromatic heterocycles. The summed E-state index contributed by atoms with van der Waals surface area (Å²) >= 11 is 5.73. The smallest absolute Gasteiger partial charge is 0.269 e. The van der Waals surface area contributed by atoms with Crippen molar-refractivity contribution in [1.29, 1.82) is 0 Å². The molecule has 0 fully saturated rings. The monoisotopic (exact) mass is 268 g/mol. The second-order valence-corrected chi connectivity index (χ2v) is 4.76. The quantitative estimate of drug-likeness (QED) is 0.575. The summed E-state index contributed by atoms with van der Waals surface area (Å²) in [6.07, 6.45) is 7.30. The number of rotatable bonds is 8. The van der Waals surface area contributed by atoms with Crippen molar-refractivity contribution in [2.75, 3.05) is 6.54 Å². The van der Waals surface area contributed by atoms with E-state index in [0.29, 0.717) is 17.4 Å². The first kappa shape index (κ1) is 15.0. The van der Waals surface area contributed by atoms with Gasteiger partial charge >= 0.3 is 0 Å². The van der Waals surface area contributed by atoms with Gasteiger partial charge in [-0.25, -0.2) is 4.98 Å². The van der Waals surface area contributed by atoms with E-state index in [1.807, 2.05) is 0 Å². The SMILES string of the molecule is CCCCCCCCNC(=O)c1cccc(Cl)n1. The summed E-state index contributed by atoms with van der Waals surface area (Å²) in [4.78, 5) is 15.7. The van der Waals surface area contributed by atoms with Crippen LogP contribution in [-0.4, -0.2) is 17.4 Å². The average molecular weight is 269 g/mol. The number of carbonyl (C=O) groups excluding carboxylic acids is 1. The number of amides is 1. The molecule has 0 aliphatic carbocycles. The number of nitrogens with zero attached hydrogens (tertiary/aromatic N) is 1. The Labute approximate surface area is 114 Å². The van der Waals surface area contributed by atoms with Crippen molar-refractivity contribution in [2.45, 2.75) is 45.4 Å². The zero-order valence-corrected chi connectivity index (χ0v) is 11.7. The minimum Gasteiger partial charge on any atom is -0.351 e. The maximum atomic E-state index is 11.7. The molecule has 1 rings (SSSR count). The first-order valence-electron chi connectivity index (χ1n) is 6.64. The van der Waals surface area contributed by atoms with Crippen LogP contribution >= 0.6 is 11.6 Å². The van der Waals surface area contributed by atoms with Gasteiger partial charge in [0.1, 0.15) is 10.8 Å². The molecule has 1 aromatic rings. The Morgan fingerprint density at radius 2 is 1.94 bits per heavy atom. The second kappa shape index (κ2) is 8.92. The van der Waals surface area contributed by atoms with Crippen molar-refractivity contribution in [1.82, 2.24) is 10.3 Å². The second-order valence-electron chi connectivity index (χ2n) is 4.37. The molecule has 1 amide bonds. The van der Waals surface area contributed by atoms with Crippen LogP contribution in [0.4, 0.5) is 0 Å².